The van der Waals surface area contributed by atoms with Gasteiger partial charge in [0.15, 0.2) is 0 Å². The molecule has 1 aromatic heterocycles. The summed E-state index contributed by atoms with van der Waals surface area (Å²) in [5.74, 6) is 6.63. The number of pyridine rings is 1. The van der Waals surface area contributed by atoms with Gasteiger partial charge in [0.05, 0.1) is 6.54 Å². The molecule has 22 heavy (non-hydrogen) atoms. The molecular formula is C18H24N2O2. The molecule has 0 radical (unpaired) electrons. The Balaban J connectivity index is 1.78. The zero-order valence-corrected chi connectivity index (χ0v) is 13.4. The van der Waals surface area contributed by atoms with E-state index in [1.54, 1.807) is 0 Å². The summed E-state index contributed by atoms with van der Waals surface area (Å²) in [5.41, 5.74) is 1.32. The molecule has 1 aliphatic rings. The lowest BCUT2D eigenvalue weighted by Gasteiger charge is -2.31. The van der Waals surface area contributed by atoms with Crippen LogP contribution in [-0.2, 0) is 9.53 Å². The van der Waals surface area contributed by atoms with Crippen molar-refractivity contribution >= 4 is 5.97 Å². The minimum atomic E-state index is -0.246. The molecule has 118 valence electrons. The fraction of sp³-hybridized carbons (Fsp3) is 0.556. The summed E-state index contributed by atoms with van der Waals surface area (Å²) in [6, 6.07) is 4.16. The van der Waals surface area contributed by atoms with Crippen molar-refractivity contribution in [2.75, 3.05) is 19.6 Å². The SMILES string of the molecule is CC(=O)O[C@@H](C)CC#CCN1CCC[C@@H](c2cccnc2)C1. The zero-order chi connectivity index (χ0) is 15.8. The van der Waals surface area contributed by atoms with E-state index in [1.165, 1.54) is 25.3 Å². The van der Waals surface area contributed by atoms with Crippen LogP contribution in [0.3, 0.4) is 0 Å². The topological polar surface area (TPSA) is 42.4 Å². The number of piperidine rings is 1. The summed E-state index contributed by atoms with van der Waals surface area (Å²) in [6.45, 7) is 6.22. The molecule has 0 N–H and O–H groups in total. The minimum absolute atomic E-state index is 0.130. The van der Waals surface area contributed by atoms with E-state index >= 15 is 0 Å². The van der Waals surface area contributed by atoms with E-state index in [0.29, 0.717) is 12.3 Å². The van der Waals surface area contributed by atoms with Gasteiger partial charge in [0.25, 0.3) is 0 Å². The second-order valence-electron chi connectivity index (χ2n) is 5.84. The lowest BCUT2D eigenvalue weighted by molar-refractivity contribution is -0.145. The van der Waals surface area contributed by atoms with Crippen LogP contribution < -0.4 is 0 Å². The molecular weight excluding hydrogens is 276 g/mol. The fourth-order valence-electron chi connectivity index (χ4n) is 2.80. The monoisotopic (exact) mass is 300 g/mol. The molecule has 2 atom stereocenters. The van der Waals surface area contributed by atoms with Crippen molar-refractivity contribution < 1.29 is 9.53 Å². The Morgan fingerprint density at radius 3 is 3.14 bits per heavy atom. The fourth-order valence-corrected chi connectivity index (χ4v) is 2.80. The molecule has 0 unspecified atom stereocenters. The minimum Gasteiger partial charge on any atom is -0.462 e. The van der Waals surface area contributed by atoms with Gasteiger partial charge < -0.3 is 4.74 Å². The number of nitrogens with zero attached hydrogens (tertiary/aromatic N) is 2. The van der Waals surface area contributed by atoms with Crippen molar-refractivity contribution in [1.29, 1.82) is 0 Å². The smallest absolute Gasteiger partial charge is 0.302 e. The summed E-state index contributed by atoms with van der Waals surface area (Å²) >= 11 is 0. The third kappa shape index (κ3) is 5.50. The van der Waals surface area contributed by atoms with Crippen LogP contribution in [0.2, 0.25) is 0 Å². The molecule has 0 aromatic carbocycles. The first-order chi connectivity index (χ1) is 10.6. The summed E-state index contributed by atoms with van der Waals surface area (Å²) < 4.78 is 5.06. The van der Waals surface area contributed by atoms with E-state index < -0.39 is 0 Å². The second kappa shape index (κ2) is 8.55. The number of carbonyl (C=O) groups excluding carboxylic acids is 1. The lowest BCUT2D eigenvalue weighted by atomic mass is 9.92. The van der Waals surface area contributed by atoms with Gasteiger partial charge in [-0.3, -0.25) is 14.7 Å². The van der Waals surface area contributed by atoms with Gasteiger partial charge in [0, 0.05) is 32.3 Å². The van der Waals surface area contributed by atoms with Gasteiger partial charge in [-0.15, -0.1) is 0 Å². The standard InChI is InChI=1S/C18H24N2O2/c1-15(22-16(2)21)7-3-4-11-20-12-6-9-18(14-20)17-8-5-10-19-13-17/h5,8,10,13,15,18H,6-7,9,11-12,14H2,1-2H3/t15-,18+/m0/s1. The number of carbonyl (C=O) groups is 1. The highest BCUT2D eigenvalue weighted by molar-refractivity contribution is 5.66. The van der Waals surface area contributed by atoms with Crippen molar-refractivity contribution in [2.45, 2.75) is 45.1 Å². The maximum Gasteiger partial charge on any atom is 0.302 e. The van der Waals surface area contributed by atoms with Crippen molar-refractivity contribution in [3.63, 3.8) is 0 Å². The van der Waals surface area contributed by atoms with Crippen LogP contribution in [0.1, 0.15) is 44.6 Å². The molecule has 0 aliphatic carbocycles. The van der Waals surface area contributed by atoms with Crippen LogP contribution in [0, 0.1) is 11.8 Å². The Hall–Kier alpha value is -1.86. The Bertz CT molecular complexity index is 533. The predicted molar refractivity (Wildman–Crippen MR) is 86.3 cm³/mol. The molecule has 0 amide bonds. The largest absolute Gasteiger partial charge is 0.462 e. The number of hydrogen-bond donors (Lipinski definition) is 0. The van der Waals surface area contributed by atoms with Crippen molar-refractivity contribution in [1.82, 2.24) is 9.88 Å². The predicted octanol–water partition coefficient (Wildman–Crippen LogP) is 2.61. The van der Waals surface area contributed by atoms with Gasteiger partial charge in [-0.25, -0.2) is 0 Å². The highest BCUT2D eigenvalue weighted by Crippen LogP contribution is 2.25. The normalized spacial score (nSPS) is 19.8. The molecule has 1 saturated heterocycles. The molecule has 2 heterocycles. The van der Waals surface area contributed by atoms with Crippen molar-refractivity contribution in [3.05, 3.63) is 30.1 Å². The number of aromatic nitrogens is 1. The Kier molecular flexibility index (Phi) is 6.42. The number of likely N-dealkylation sites (tertiary alicyclic amines) is 1. The molecule has 0 spiro atoms. The van der Waals surface area contributed by atoms with Crippen LogP contribution in [0.25, 0.3) is 0 Å². The van der Waals surface area contributed by atoms with Crippen LogP contribution in [0.5, 0.6) is 0 Å². The molecule has 0 bridgehead atoms. The van der Waals surface area contributed by atoms with Gasteiger partial charge in [0.2, 0.25) is 0 Å². The van der Waals surface area contributed by atoms with Crippen LogP contribution in [0.4, 0.5) is 0 Å². The molecule has 1 aromatic rings. The summed E-state index contributed by atoms with van der Waals surface area (Å²) in [7, 11) is 0. The molecule has 1 fully saturated rings. The van der Waals surface area contributed by atoms with E-state index in [0.717, 1.165) is 19.6 Å². The van der Waals surface area contributed by atoms with Gasteiger partial charge >= 0.3 is 5.97 Å². The summed E-state index contributed by atoms with van der Waals surface area (Å²) in [4.78, 5) is 17.4. The second-order valence-corrected chi connectivity index (χ2v) is 5.84. The summed E-state index contributed by atoms with van der Waals surface area (Å²) in [6.07, 6.45) is 6.68. The molecule has 1 aliphatic heterocycles. The quantitative estimate of drug-likeness (QED) is 0.633. The van der Waals surface area contributed by atoms with Crippen LogP contribution in [0.15, 0.2) is 24.5 Å². The maximum absolute atomic E-state index is 10.8. The van der Waals surface area contributed by atoms with Crippen LogP contribution in [-0.4, -0.2) is 41.6 Å². The highest BCUT2D eigenvalue weighted by Gasteiger charge is 2.20. The third-order valence-electron chi connectivity index (χ3n) is 3.85. The number of rotatable bonds is 4. The average molecular weight is 300 g/mol. The van der Waals surface area contributed by atoms with E-state index in [4.69, 9.17) is 4.74 Å². The van der Waals surface area contributed by atoms with Crippen LogP contribution >= 0.6 is 0 Å². The number of ether oxygens (including phenoxy) is 1. The first-order valence-corrected chi connectivity index (χ1v) is 7.90. The zero-order valence-electron chi connectivity index (χ0n) is 13.4. The highest BCUT2D eigenvalue weighted by atomic mass is 16.5. The Labute approximate surface area is 132 Å². The average Bonchev–Trinajstić information content (AvgIpc) is 2.52. The molecule has 2 rings (SSSR count). The van der Waals surface area contributed by atoms with E-state index in [-0.39, 0.29) is 12.1 Å². The first-order valence-electron chi connectivity index (χ1n) is 7.90. The summed E-state index contributed by atoms with van der Waals surface area (Å²) in [5, 5.41) is 0. The van der Waals surface area contributed by atoms with E-state index in [9.17, 15) is 4.79 Å². The van der Waals surface area contributed by atoms with Gasteiger partial charge in [-0.05, 0) is 43.9 Å². The molecule has 4 nitrogen and oxygen atoms in total. The first kappa shape index (κ1) is 16.5. The maximum atomic E-state index is 10.8. The third-order valence-corrected chi connectivity index (χ3v) is 3.85. The number of hydrogen-bond acceptors (Lipinski definition) is 4. The molecule has 0 saturated carbocycles. The molecule has 4 heteroatoms. The van der Waals surface area contributed by atoms with Gasteiger partial charge in [-0.1, -0.05) is 17.9 Å². The van der Waals surface area contributed by atoms with Crippen molar-refractivity contribution in [3.8, 4) is 11.8 Å². The Morgan fingerprint density at radius 2 is 2.41 bits per heavy atom. The van der Waals surface area contributed by atoms with Gasteiger partial charge in [0.1, 0.15) is 6.10 Å². The van der Waals surface area contributed by atoms with Crippen molar-refractivity contribution in [2.24, 2.45) is 0 Å². The van der Waals surface area contributed by atoms with E-state index in [2.05, 4.69) is 27.8 Å². The van der Waals surface area contributed by atoms with E-state index in [1.807, 2.05) is 25.4 Å². The Morgan fingerprint density at radius 1 is 1.55 bits per heavy atom. The number of esters is 1. The van der Waals surface area contributed by atoms with Gasteiger partial charge in [-0.2, -0.15) is 0 Å². The lowest BCUT2D eigenvalue weighted by Crippen LogP contribution is -2.34.